The molecule has 94 valence electrons. The van der Waals surface area contributed by atoms with Gasteiger partial charge in [0.1, 0.15) is 0 Å². The van der Waals surface area contributed by atoms with Gasteiger partial charge in [0.25, 0.3) is 0 Å². The zero-order valence-electron chi connectivity index (χ0n) is 11.0. The number of hydrogen-bond donors (Lipinski definition) is 1. The second-order valence-electron chi connectivity index (χ2n) is 6.32. The second-order valence-corrected chi connectivity index (χ2v) is 7.23. The van der Waals surface area contributed by atoms with E-state index in [2.05, 4.69) is 55.8 Å². The highest BCUT2D eigenvalue weighted by molar-refractivity contribution is 9.10. The summed E-state index contributed by atoms with van der Waals surface area (Å²) in [6.45, 7) is 9.01. The van der Waals surface area contributed by atoms with Crippen molar-refractivity contribution in [3.05, 3.63) is 34.3 Å². The summed E-state index contributed by atoms with van der Waals surface area (Å²) in [6, 6.07) is 8.22. The molecule has 1 aromatic carbocycles. The fourth-order valence-corrected chi connectivity index (χ4v) is 3.45. The van der Waals surface area contributed by atoms with Crippen LogP contribution in [-0.2, 0) is 6.42 Å². The van der Waals surface area contributed by atoms with Crippen LogP contribution in [0.1, 0.15) is 33.3 Å². The monoisotopic (exact) mass is 296 g/mol. The van der Waals surface area contributed by atoms with Gasteiger partial charge in [-0.2, -0.15) is 0 Å². The summed E-state index contributed by atoms with van der Waals surface area (Å²) in [5, 5.41) is 10.4. The Morgan fingerprint density at radius 2 is 1.59 bits per heavy atom. The summed E-state index contributed by atoms with van der Waals surface area (Å²) in [4.78, 5) is 0. The van der Waals surface area contributed by atoms with E-state index in [4.69, 9.17) is 0 Å². The van der Waals surface area contributed by atoms with Crippen molar-refractivity contribution >= 4 is 15.9 Å². The highest BCUT2D eigenvalue weighted by Gasteiger charge is 2.66. The lowest BCUT2D eigenvalue weighted by Crippen LogP contribution is -2.17. The van der Waals surface area contributed by atoms with Crippen LogP contribution in [0.4, 0.5) is 0 Å². The average molecular weight is 297 g/mol. The maximum atomic E-state index is 10.4. The molecule has 0 heterocycles. The third-order valence-corrected chi connectivity index (χ3v) is 5.40. The minimum atomic E-state index is -0.235. The van der Waals surface area contributed by atoms with Crippen LogP contribution >= 0.6 is 15.9 Å². The normalized spacial score (nSPS) is 23.4. The molecule has 1 unspecified atom stereocenters. The minimum absolute atomic E-state index is 0.235. The van der Waals surface area contributed by atoms with Gasteiger partial charge < -0.3 is 5.11 Å². The van der Waals surface area contributed by atoms with Crippen molar-refractivity contribution in [1.29, 1.82) is 0 Å². The molecule has 1 N–H and O–H groups in total. The zero-order chi connectivity index (χ0) is 12.8. The number of hydrogen-bond acceptors (Lipinski definition) is 1. The number of aliphatic hydroxyl groups excluding tert-OH is 1. The van der Waals surface area contributed by atoms with Crippen LogP contribution < -0.4 is 0 Å². The molecular formula is C15H21BrO. The summed E-state index contributed by atoms with van der Waals surface area (Å²) in [6.07, 6.45) is 0.520. The Kier molecular flexibility index (Phi) is 3.16. The molecular weight excluding hydrogens is 276 g/mol. The largest absolute Gasteiger partial charge is 0.392 e. The average Bonchev–Trinajstić information content (AvgIpc) is 2.61. The van der Waals surface area contributed by atoms with Crippen LogP contribution in [0.2, 0.25) is 0 Å². The van der Waals surface area contributed by atoms with E-state index >= 15 is 0 Å². The van der Waals surface area contributed by atoms with E-state index in [0.29, 0.717) is 5.92 Å². The van der Waals surface area contributed by atoms with E-state index in [1.807, 2.05) is 12.1 Å². The molecule has 1 fully saturated rings. The zero-order valence-corrected chi connectivity index (χ0v) is 12.6. The highest BCUT2D eigenvalue weighted by Crippen LogP contribution is 2.69. The minimum Gasteiger partial charge on any atom is -0.392 e. The molecule has 1 aliphatic carbocycles. The quantitative estimate of drug-likeness (QED) is 0.893. The Labute approximate surface area is 112 Å². The molecule has 0 aliphatic heterocycles. The topological polar surface area (TPSA) is 20.2 Å². The van der Waals surface area contributed by atoms with Crippen LogP contribution in [0.5, 0.6) is 0 Å². The van der Waals surface area contributed by atoms with Crippen molar-refractivity contribution in [3.8, 4) is 0 Å². The molecule has 0 amide bonds. The lowest BCUT2D eigenvalue weighted by Gasteiger charge is -2.12. The summed E-state index contributed by atoms with van der Waals surface area (Å²) < 4.78 is 1.09. The van der Waals surface area contributed by atoms with E-state index in [1.54, 1.807) is 0 Å². The highest BCUT2D eigenvalue weighted by atomic mass is 79.9. The number of aliphatic hydroxyl groups is 1. The second kappa shape index (κ2) is 4.10. The third kappa shape index (κ3) is 2.17. The Balaban J connectivity index is 2.04. The molecule has 0 radical (unpaired) electrons. The summed E-state index contributed by atoms with van der Waals surface area (Å²) >= 11 is 3.43. The van der Waals surface area contributed by atoms with E-state index in [-0.39, 0.29) is 16.9 Å². The van der Waals surface area contributed by atoms with E-state index in [1.165, 1.54) is 5.56 Å². The van der Waals surface area contributed by atoms with E-state index < -0.39 is 0 Å². The smallest absolute Gasteiger partial charge is 0.0619 e. The van der Waals surface area contributed by atoms with Crippen molar-refractivity contribution in [2.24, 2.45) is 16.7 Å². The van der Waals surface area contributed by atoms with Crippen LogP contribution in [0.25, 0.3) is 0 Å². The van der Waals surface area contributed by atoms with Gasteiger partial charge in [0.2, 0.25) is 0 Å². The predicted molar refractivity (Wildman–Crippen MR) is 74.9 cm³/mol. The molecule has 1 nitrogen and oxygen atoms in total. The molecule has 0 spiro atoms. The van der Waals surface area contributed by atoms with Gasteiger partial charge in [-0.3, -0.25) is 0 Å². The van der Waals surface area contributed by atoms with E-state index in [0.717, 1.165) is 10.9 Å². The molecule has 2 heteroatoms. The Morgan fingerprint density at radius 3 is 2.00 bits per heavy atom. The summed E-state index contributed by atoms with van der Waals surface area (Å²) in [5.41, 5.74) is 1.71. The molecule has 17 heavy (non-hydrogen) atoms. The van der Waals surface area contributed by atoms with Crippen LogP contribution in [0.15, 0.2) is 28.7 Å². The maximum Gasteiger partial charge on any atom is 0.0619 e. The first-order valence-electron chi connectivity index (χ1n) is 6.19. The van der Waals surface area contributed by atoms with Crippen LogP contribution in [-0.4, -0.2) is 11.2 Å². The van der Waals surface area contributed by atoms with Crippen LogP contribution in [0.3, 0.4) is 0 Å². The van der Waals surface area contributed by atoms with Crippen molar-refractivity contribution in [3.63, 3.8) is 0 Å². The first-order valence-corrected chi connectivity index (χ1v) is 6.98. The number of benzene rings is 1. The Hall–Kier alpha value is -0.340. The van der Waals surface area contributed by atoms with Crippen LogP contribution in [0, 0.1) is 16.7 Å². The summed E-state index contributed by atoms with van der Waals surface area (Å²) in [7, 11) is 0. The van der Waals surface area contributed by atoms with E-state index in [9.17, 15) is 5.11 Å². The first kappa shape index (κ1) is 13.1. The molecule has 1 aromatic rings. The van der Waals surface area contributed by atoms with Crippen molar-refractivity contribution in [2.75, 3.05) is 0 Å². The van der Waals surface area contributed by atoms with Gasteiger partial charge in [-0.25, -0.2) is 0 Å². The van der Waals surface area contributed by atoms with Gasteiger partial charge >= 0.3 is 0 Å². The van der Waals surface area contributed by atoms with Gasteiger partial charge in [-0.05, 0) is 40.9 Å². The fraction of sp³-hybridized carbons (Fsp3) is 0.600. The predicted octanol–water partition coefficient (Wildman–Crippen LogP) is 4.03. The van der Waals surface area contributed by atoms with Gasteiger partial charge in [0, 0.05) is 4.47 Å². The van der Waals surface area contributed by atoms with Gasteiger partial charge in [-0.1, -0.05) is 55.8 Å². The van der Waals surface area contributed by atoms with Gasteiger partial charge in [0.05, 0.1) is 6.10 Å². The summed E-state index contributed by atoms with van der Waals surface area (Å²) in [5.74, 6) is 0.402. The fourth-order valence-electron chi connectivity index (χ4n) is 3.19. The number of rotatable bonds is 3. The Morgan fingerprint density at radius 1 is 1.12 bits per heavy atom. The SMILES string of the molecule is CC1(C)C(C(O)Cc2ccc(Br)cc2)C1(C)C. The molecule has 1 aliphatic rings. The molecule has 2 rings (SSSR count). The standard InChI is InChI=1S/C15H21BrO/c1-14(2)13(15(14,3)4)12(17)9-10-5-7-11(16)8-6-10/h5-8,12-13,17H,9H2,1-4H3. The van der Waals surface area contributed by atoms with Gasteiger partial charge in [-0.15, -0.1) is 0 Å². The van der Waals surface area contributed by atoms with Crippen molar-refractivity contribution in [2.45, 2.75) is 40.2 Å². The number of halogens is 1. The lowest BCUT2D eigenvalue weighted by molar-refractivity contribution is 0.129. The Bertz CT molecular complexity index is 391. The molecule has 1 saturated carbocycles. The maximum absolute atomic E-state index is 10.4. The molecule has 0 saturated heterocycles. The third-order valence-electron chi connectivity index (χ3n) is 4.88. The molecule has 1 atom stereocenters. The lowest BCUT2D eigenvalue weighted by atomic mass is 10.00. The van der Waals surface area contributed by atoms with Crippen molar-refractivity contribution < 1.29 is 5.11 Å². The molecule has 0 bridgehead atoms. The first-order chi connectivity index (χ1) is 7.76. The van der Waals surface area contributed by atoms with Crippen molar-refractivity contribution in [1.82, 2.24) is 0 Å². The molecule has 0 aromatic heterocycles. The van der Waals surface area contributed by atoms with Gasteiger partial charge in [0.15, 0.2) is 0 Å².